The third kappa shape index (κ3) is 3.50. The van der Waals surface area contributed by atoms with Gasteiger partial charge in [0.2, 0.25) is 11.8 Å². The van der Waals surface area contributed by atoms with Crippen LogP contribution < -0.4 is 11.1 Å². The number of tetrazole rings is 1. The number of nitrogens with zero attached hydrogens (tertiary/aromatic N) is 4. The second-order valence-electron chi connectivity index (χ2n) is 7.09. The van der Waals surface area contributed by atoms with Crippen molar-refractivity contribution in [3.8, 4) is 5.75 Å². The molecule has 1 aromatic heterocycles. The second kappa shape index (κ2) is 7.79. The van der Waals surface area contributed by atoms with Crippen LogP contribution in [0.3, 0.4) is 0 Å². The molecule has 10 nitrogen and oxygen atoms in total. The molecule has 144 valence electrons. The second-order valence-corrected chi connectivity index (χ2v) is 8.86. The zero-order valence-electron chi connectivity index (χ0n) is 15.4. The fourth-order valence-corrected chi connectivity index (χ4v) is 5.16. The number of benzene rings is 1. The average Bonchev–Trinajstić information content (AvgIpc) is 3.23. The summed E-state index contributed by atoms with van der Waals surface area (Å²) >= 11 is 1.58. The summed E-state index contributed by atoms with van der Waals surface area (Å²) in [5.74, 6) is -0.0959. The zero-order chi connectivity index (χ0) is 19.3. The van der Waals surface area contributed by atoms with E-state index in [4.69, 9.17) is 5.73 Å². The summed E-state index contributed by atoms with van der Waals surface area (Å²) in [4.78, 5) is 26.9. The Kier molecular flexibility index (Phi) is 5.93. The fourth-order valence-electron chi connectivity index (χ4n) is 3.53. The number of carbonyl (C=O) groups excluding carboxylic acids is 2. The van der Waals surface area contributed by atoms with E-state index in [-0.39, 0.29) is 65.6 Å². The number of amides is 2. The quantitative estimate of drug-likeness (QED) is 0.373. The Morgan fingerprint density at radius 3 is 2.68 bits per heavy atom. The molecule has 0 spiro atoms. The number of rotatable bonds is 4. The van der Waals surface area contributed by atoms with Crippen LogP contribution in [0.25, 0.3) is 0 Å². The van der Waals surface area contributed by atoms with Crippen molar-refractivity contribution in [3.63, 3.8) is 0 Å². The summed E-state index contributed by atoms with van der Waals surface area (Å²) in [5, 5.41) is 25.9. The number of aromatic amines is 1. The number of phenolic OH excluding ortho intramolecular Hbond substituents is 1. The summed E-state index contributed by atoms with van der Waals surface area (Å²) in [5.41, 5.74) is 6.55. The number of nitrogens with one attached hydrogen (secondary N) is 2. The predicted molar refractivity (Wildman–Crippen MR) is 102 cm³/mol. The van der Waals surface area contributed by atoms with E-state index in [0.29, 0.717) is 11.4 Å². The van der Waals surface area contributed by atoms with Gasteiger partial charge >= 0.3 is 0 Å². The number of hydrogen-bond acceptors (Lipinski definition) is 8. The molecule has 3 heterocycles. The van der Waals surface area contributed by atoms with Gasteiger partial charge in [0.05, 0.1) is 0 Å². The minimum absolute atomic E-state index is 0. The molecule has 5 N–H and O–H groups in total. The Balaban J connectivity index is 0.00000225. The van der Waals surface area contributed by atoms with Crippen LogP contribution in [0.15, 0.2) is 24.3 Å². The molecule has 2 aliphatic rings. The minimum Gasteiger partial charge on any atom is -0.508 e. The minimum atomic E-state index is -0.931. The van der Waals surface area contributed by atoms with Crippen LogP contribution >= 0.6 is 11.8 Å². The molecule has 2 saturated heterocycles. The molecular formula is C16H19CaN7O3S. The number of aromatic nitrogens is 4. The van der Waals surface area contributed by atoms with Gasteiger partial charge in [-0.15, -0.1) is 22.0 Å². The van der Waals surface area contributed by atoms with E-state index in [1.807, 2.05) is 13.8 Å². The molecule has 2 aromatic rings. The van der Waals surface area contributed by atoms with Crippen LogP contribution in [0, 0.1) is 0 Å². The van der Waals surface area contributed by atoms with Crippen LogP contribution in [-0.4, -0.2) is 96.3 Å². The largest absolute Gasteiger partial charge is 0.508 e. The molecule has 4 atom stereocenters. The van der Waals surface area contributed by atoms with E-state index in [2.05, 4.69) is 25.9 Å². The van der Waals surface area contributed by atoms with Crippen LogP contribution in [0.2, 0.25) is 0 Å². The summed E-state index contributed by atoms with van der Waals surface area (Å²) in [6.45, 7) is 4.01. The maximum Gasteiger partial charge on any atom is 0.249 e. The van der Waals surface area contributed by atoms with Crippen LogP contribution in [0.1, 0.15) is 37.3 Å². The third-order valence-electron chi connectivity index (χ3n) is 4.88. The SMILES string of the molecule is CC1(C)S[C@@H]2C(NC(=O)[C@H](N)c3ccc(O)cc3)C(=O)N2C1c1nn[nH]n1.[Ca]. The van der Waals surface area contributed by atoms with Gasteiger partial charge in [0, 0.05) is 42.5 Å². The number of β-lactam (4-membered cyclic amide) rings is 1. The number of fused-ring (bicyclic) bond motifs is 1. The number of nitrogens with two attached hydrogens (primary N) is 1. The van der Waals surface area contributed by atoms with Gasteiger partial charge in [0.1, 0.15) is 29.2 Å². The monoisotopic (exact) mass is 429 g/mol. The van der Waals surface area contributed by atoms with E-state index in [1.54, 1.807) is 28.8 Å². The summed E-state index contributed by atoms with van der Waals surface area (Å²) < 4.78 is -0.331. The molecule has 28 heavy (non-hydrogen) atoms. The van der Waals surface area contributed by atoms with Crippen molar-refractivity contribution < 1.29 is 14.7 Å². The van der Waals surface area contributed by atoms with Gasteiger partial charge in [-0.25, -0.2) is 0 Å². The molecule has 0 bridgehead atoms. The first kappa shape index (κ1) is 21.3. The topological polar surface area (TPSA) is 150 Å². The molecule has 2 fully saturated rings. The van der Waals surface area contributed by atoms with Crippen molar-refractivity contribution in [3.05, 3.63) is 35.7 Å². The van der Waals surface area contributed by atoms with Crippen LogP contribution in [0.5, 0.6) is 5.75 Å². The number of aromatic hydroxyl groups is 1. The molecule has 0 saturated carbocycles. The molecule has 2 amide bonds. The Bertz CT molecular complexity index is 877. The normalized spacial score (nSPS) is 26.0. The van der Waals surface area contributed by atoms with Crippen molar-refractivity contribution in [2.24, 2.45) is 5.73 Å². The van der Waals surface area contributed by atoms with Crippen molar-refractivity contribution in [2.75, 3.05) is 0 Å². The zero-order valence-corrected chi connectivity index (χ0v) is 18.4. The Morgan fingerprint density at radius 1 is 1.39 bits per heavy atom. The van der Waals surface area contributed by atoms with Crippen LogP contribution in [-0.2, 0) is 9.59 Å². The molecule has 1 aromatic carbocycles. The first-order valence-corrected chi connectivity index (χ1v) is 9.26. The fraction of sp³-hybridized carbons (Fsp3) is 0.438. The number of phenols is 1. The van der Waals surface area contributed by atoms with Crippen molar-refractivity contribution in [1.29, 1.82) is 0 Å². The summed E-state index contributed by atoms with van der Waals surface area (Å²) in [6.07, 6.45) is 0. The van der Waals surface area contributed by atoms with Gasteiger partial charge in [0.25, 0.3) is 0 Å². The van der Waals surface area contributed by atoms with Crippen molar-refractivity contribution in [2.45, 2.75) is 42.1 Å². The maximum atomic E-state index is 12.7. The predicted octanol–water partition coefficient (Wildman–Crippen LogP) is -0.556. The molecule has 2 aliphatic heterocycles. The van der Waals surface area contributed by atoms with E-state index in [0.717, 1.165) is 0 Å². The van der Waals surface area contributed by atoms with Crippen molar-refractivity contribution >= 4 is 61.3 Å². The van der Waals surface area contributed by atoms with Crippen LogP contribution in [0.4, 0.5) is 0 Å². The smallest absolute Gasteiger partial charge is 0.249 e. The first-order valence-electron chi connectivity index (χ1n) is 8.38. The molecule has 0 aliphatic carbocycles. The number of thioether (sulfide) groups is 1. The number of carbonyl (C=O) groups is 2. The molecule has 12 heteroatoms. The molecule has 4 rings (SSSR count). The standard InChI is InChI=1S/C16H19N7O3S.Ca/c1-16(2)11(12-19-21-22-20-12)23-14(26)10(15(23)27-16)18-13(25)9(17)7-3-5-8(24)6-4-7;/h3-6,9-11,15,24H,17H2,1-2H3,(H,18,25)(H,19,20,21,22);/t9-,10?,11?,15-;/m1./s1. The Morgan fingerprint density at radius 2 is 2.07 bits per heavy atom. The van der Waals surface area contributed by atoms with Gasteiger partial charge in [0.15, 0.2) is 5.82 Å². The third-order valence-corrected chi connectivity index (χ3v) is 6.45. The van der Waals surface area contributed by atoms with E-state index < -0.39 is 18.0 Å². The average molecular weight is 430 g/mol. The van der Waals surface area contributed by atoms with Gasteiger partial charge < -0.3 is 21.1 Å². The molecular weight excluding hydrogens is 410 g/mol. The summed E-state index contributed by atoms with van der Waals surface area (Å²) in [6, 6.07) is 4.18. The molecule has 2 radical (unpaired) electrons. The van der Waals surface area contributed by atoms with Gasteiger partial charge in [-0.05, 0) is 31.5 Å². The van der Waals surface area contributed by atoms with E-state index >= 15 is 0 Å². The van der Waals surface area contributed by atoms with Crippen molar-refractivity contribution in [1.82, 2.24) is 30.8 Å². The van der Waals surface area contributed by atoms with Gasteiger partial charge in [-0.1, -0.05) is 17.3 Å². The van der Waals surface area contributed by atoms with Gasteiger partial charge in [-0.2, -0.15) is 5.21 Å². The van der Waals surface area contributed by atoms with E-state index in [9.17, 15) is 14.7 Å². The number of H-pyrrole nitrogens is 1. The Hall–Kier alpha value is -1.40. The molecule has 2 unspecified atom stereocenters. The number of hydrogen-bond donors (Lipinski definition) is 4. The first-order chi connectivity index (χ1) is 12.8. The maximum absolute atomic E-state index is 12.7. The van der Waals surface area contributed by atoms with E-state index in [1.165, 1.54) is 12.1 Å². The summed E-state index contributed by atoms with van der Waals surface area (Å²) in [7, 11) is 0. The Labute approximate surface area is 195 Å². The van der Waals surface area contributed by atoms with Gasteiger partial charge in [-0.3, -0.25) is 9.59 Å².